The van der Waals surface area contributed by atoms with Crippen LogP contribution in [0.4, 0.5) is 0 Å². The van der Waals surface area contributed by atoms with E-state index in [1.165, 1.54) is 276 Å². The van der Waals surface area contributed by atoms with E-state index in [9.17, 15) is 14.4 Å². The quantitative estimate of drug-likeness (QED) is 0.0343. The van der Waals surface area contributed by atoms with Gasteiger partial charge in [0.15, 0.2) is 6.10 Å². The molecule has 0 aromatic heterocycles. The molecule has 6 nitrogen and oxygen atoms in total. The lowest BCUT2D eigenvalue weighted by Gasteiger charge is -2.18. The fraction of sp³-hybridized carbons (Fsp3) is 0.955. The number of esters is 3. The van der Waals surface area contributed by atoms with Crippen molar-refractivity contribution in [1.29, 1.82) is 0 Å². The van der Waals surface area contributed by atoms with Crippen LogP contribution < -0.4 is 0 Å². The second kappa shape index (κ2) is 60.3. The molecule has 0 radical (unpaired) electrons. The van der Waals surface area contributed by atoms with E-state index >= 15 is 0 Å². The number of carbonyl (C=O) groups excluding carboxylic acids is 3. The first kappa shape index (κ1) is 70.4. The van der Waals surface area contributed by atoms with Crippen LogP contribution in [0.1, 0.15) is 381 Å². The number of ether oxygens (including phenoxy) is 3. The van der Waals surface area contributed by atoms with Crippen molar-refractivity contribution in [3.63, 3.8) is 0 Å². The van der Waals surface area contributed by atoms with E-state index < -0.39 is 6.10 Å². The van der Waals surface area contributed by atoms with Gasteiger partial charge in [-0.1, -0.05) is 342 Å². The Labute approximate surface area is 450 Å². The summed E-state index contributed by atoms with van der Waals surface area (Å²) in [6.07, 6.45) is 68.2. The lowest BCUT2D eigenvalue weighted by atomic mass is 9.99. The van der Waals surface area contributed by atoms with Gasteiger partial charge < -0.3 is 14.2 Å². The molecule has 0 rings (SSSR count). The number of hydrogen-bond acceptors (Lipinski definition) is 6. The van der Waals surface area contributed by atoms with E-state index in [-0.39, 0.29) is 31.1 Å². The minimum Gasteiger partial charge on any atom is -0.462 e. The molecule has 0 aliphatic carbocycles. The highest BCUT2D eigenvalue weighted by Gasteiger charge is 2.19. The summed E-state index contributed by atoms with van der Waals surface area (Å²) in [6.45, 7) is 9.14. The Morgan fingerprint density at radius 2 is 0.486 bits per heavy atom. The van der Waals surface area contributed by atoms with Gasteiger partial charge in [-0.2, -0.15) is 0 Å². The van der Waals surface area contributed by atoms with Gasteiger partial charge in [0.2, 0.25) is 0 Å². The van der Waals surface area contributed by atoms with Crippen LogP contribution in [-0.4, -0.2) is 37.2 Å². The second-order valence-electron chi connectivity index (χ2n) is 23.0. The molecular formula is C66H128O6. The van der Waals surface area contributed by atoms with Gasteiger partial charge in [-0.25, -0.2) is 0 Å². The maximum Gasteiger partial charge on any atom is 0.306 e. The summed E-state index contributed by atoms with van der Waals surface area (Å²) in [4.78, 5) is 38.3. The molecule has 72 heavy (non-hydrogen) atoms. The molecule has 0 amide bonds. The summed E-state index contributed by atoms with van der Waals surface area (Å²) in [5, 5.41) is 0. The van der Waals surface area contributed by atoms with Gasteiger partial charge >= 0.3 is 17.9 Å². The molecular weight excluding hydrogens is 889 g/mol. The zero-order valence-corrected chi connectivity index (χ0v) is 49.4. The molecule has 2 atom stereocenters. The van der Waals surface area contributed by atoms with Crippen molar-refractivity contribution < 1.29 is 28.6 Å². The molecule has 0 heterocycles. The zero-order valence-electron chi connectivity index (χ0n) is 49.4. The zero-order chi connectivity index (χ0) is 52.3. The van der Waals surface area contributed by atoms with Gasteiger partial charge in [-0.15, -0.1) is 0 Å². The average molecular weight is 1020 g/mol. The third kappa shape index (κ3) is 57.7. The number of carbonyl (C=O) groups is 3. The summed E-state index contributed by atoms with van der Waals surface area (Å²) in [5.41, 5.74) is 0. The molecule has 6 heteroatoms. The molecule has 0 fully saturated rings. The van der Waals surface area contributed by atoms with Crippen LogP contribution in [0.15, 0.2) is 0 Å². The van der Waals surface area contributed by atoms with E-state index in [4.69, 9.17) is 14.2 Å². The van der Waals surface area contributed by atoms with Crippen molar-refractivity contribution in [2.45, 2.75) is 387 Å². The molecule has 0 bridgehead atoms. The van der Waals surface area contributed by atoms with Crippen molar-refractivity contribution in [1.82, 2.24) is 0 Å². The molecule has 0 saturated carbocycles. The number of hydrogen-bond donors (Lipinski definition) is 0. The highest BCUT2D eigenvalue weighted by Crippen LogP contribution is 2.19. The second-order valence-corrected chi connectivity index (χ2v) is 23.0. The highest BCUT2D eigenvalue weighted by molar-refractivity contribution is 5.71. The Morgan fingerprint density at radius 3 is 0.722 bits per heavy atom. The Bertz CT molecular complexity index is 1090. The van der Waals surface area contributed by atoms with Crippen LogP contribution in [0.5, 0.6) is 0 Å². The predicted molar refractivity (Wildman–Crippen MR) is 312 cm³/mol. The van der Waals surface area contributed by atoms with E-state index in [1.54, 1.807) is 0 Å². The number of unbranched alkanes of at least 4 members (excludes halogenated alkanes) is 47. The minimum atomic E-state index is -0.763. The topological polar surface area (TPSA) is 78.9 Å². The molecule has 1 unspecified atom stereocenters. The molecule has 0 spiro atoms. The van der Waals surface area contributed by atoms with E-state index in [1.807, 2.05) is 0 Å². The van der Waals surface area contributed by atoms with Crippen LogP contribution in [0, 0.1) is 5.92 Å². The lowest BCUT2D eigenvalue weighted by molar-refractivity contribution is -0.167. The van der Waals surface area contributed by atoms with Gasteiger partial charge in [0.25, 0.3) is 0 Å². The third-order valence-corrected chi connectivity index (χ3v) is 15.7. The maximum atomic E-state index is 12.9. The first-order valence-electron chi connectivity index (χ1n) is 32.9. The minimum absolute atomic E-state index is 0.0609. The molecule has 0 aliphatic heterocycles. The first-order valence-corrected chi connectivity index (χ1v) is 32.9. The van der Waals surface area contributed by atoms with E-state index in [0.29, 0.717) is 19.3 Å². The predicted octanol–water partition coefficient (Wildman–Crippen LogP) is 22.1. The average Bonchev–Trinajstić information content (AvgIpc) is 3.38. The Hall–Kier alpha value is -1.59. The van der Waals surface area contributed by atoms with Crippen molar-refractivity contribution >= 4 is 17.9 Å². The summed E-state index contributed by atoms with van der Waals surface area (Å²) in [7, 11) is 0. The molecule has 0 aliphatic rings. The maximum absolute atomic E-state index is 12.9. The first-order chi connectivity index (χ1) is 35.4. The van der Waals surface area contributed by atoms with Gasteiger partial charge in [0.05, 0.1) is 0 Å². The molecule has 0 saturated heterocycles. The van der Waals surface area contributed by atoms with Gasteiger partial charge in [0, 0.05) is 19.3 Å². The van der Waals surface area contributed by atoms with E-state index in [2.05, 4.69) is 27.7 Å². The van der Waals surface area contributed by atoms with Crippen LogP contribution in [0.3, 0.4) is 0 Å². The van der Waals surface area contributed by atoms with Crippen LogP contribution in [0.25, 0.3) is 0 Å². The Morgan fingerprint density at radius 1 is 0.278 bits per heavy atom. The summed E-state index contributed by atoms with van der Waals surface area (Å²) < 4.78 is 17.0. The molecule has 0 aromatic carbocycles. The van der Waals surface area contributed by atoms with Crippen molar-refractivity contribution in [3.8, 4) is 0 Å². The molecule has 0 aromatic rings. The van der Waals surface area contributed by atoms with Crippen molar-refractivity contribution in [3.05, 3.63) is 0 Å². The Kier molecular flexibility index (Phi) is 58.9. The van der Waals surface area contributed by atoms with Crippen molar-refractivity contribution in [2.24, 2.45) is 5.92 Å². The van der Waals surface area contributed by atoms with Gasteiger partial charge in [0.1, 0.15) is 13.2 Å². The highest BCUT2D eigenvalue weighted by atomic mass is 16.6. The SMILES string of the molecule is CCCCCCCCCCCCCCCCCCCCC(=O)OC[C@H](COC(=O)CCCCCCCCCCCCCCCC)OC(=O)CCCCCCCCCCCCCCCCCCCCC(C)CC. The fourth-order valence-corrected chi connectivity index (χ4v) is 10.3. The smallest absolute Gasteiger partial charge is 0.306 e. The monoisotopic (exact) mass is 1020 g/mol. The Balaban J connectivity index is 4.25. The van der Waals surface area contributed by atoms with Crippen LogP contribution >= 0.6 is 0 Å². The molecule has 428 valence electrons. The largest absolute Gasteiger partial charge is 0.462 e. The normalized spacial score (nSPS) is 12.3. The number of rotatable bonds is 61. The van der Waals surface area contributed by atoms with Gasteiger partial charge in [-0.3, -0.25) is 14.4 Å². The molecule has 0 N–H and O–H groups in total. The standard InChI is InChI=1S/C66H128O6/c1-5-8-10-12-14-16-18-20-22-23-27-30-34-38-42-46-50-54-58-65(68)71-61-63(60-70-64(67)57-53-49-45-41-37-33-21-19-17-15-13-11-9-6-2)72-66(69)59-55-51-47-43-39-35-31-28-25-24-26-29-32-36-40-44-48-52-56-62(4)7-3/h62-63H,5-61H2,1-4H3/t62?,63-/m0/s1. The third-order valence-electron chi connectivity index (χ3n) is 15.7. The summed E-state index contributed by atoms with van der Waals surface area (Å²) >= 11 is 0. The van der Waals surface area contributed by atoms with Crippen LogP contribution in [0.2, 0.25) is 0 Å². The lowest BCUT2D eigenvalue weighted by Crippen LogP contribution is -2.30. The van der Waals surface area contributed by atoms with Crippen molar-refractivity contribution in [2.75, 3.05) is 13.2 Å². The van der Waals surface area contributed by atoms with E-state index in [0.717, 1.165) is 63.7 Å². The fourth-order valence-electron chi connectivity index (χ4n) is 10.3. The summed E-state index contributed by atoms with van der Waals surface area (Å²) in [5.74, 6) is 0.0838. The van der Waals surface area contributed by atoms with Gasteiger partial charge in [-0.05, 0) is 25.2 Å². The van der Waals surface area contributed by atoms with Crippen LogP contribution in [-0.2, 0) is 28.6 Å². The summed E-state index contributed by atoms with van der Waals surface area (Å²) in [6, 6.07) is 0.